The van der Waals surface area contributed by atoms with Crippen molar-refractivity contribution in [1.82, 2.24) is 5.32 Å². The van der Waals surface area contributed by atoms with Gasteiger partial charge in [0.1, 0.15) is 0 Å². The van der Waals surface area contributed by atoms with Gasteiger partial charge in [-0.15, -0.1) is 0 Å². The molecule has 6 heteroatoms. The van der Waals surface area contributed by atoms with E-state index >= 15 is 0 Å². The molecule has 0 heterocycles. The molecule has 0 aliphatic rings. The number of alkyl carbamates (subject to hydrolysis) is 1. The second kappa shape index (κ2) is 6.18. The Balaban J connectivity index is 2.49. The Morgan fingerprint density at radius 2 is 1.70 bits per heavy atom. The van der Waals surface area contributed by atoms with Crippen LogP contribution in [-0.4, -0.2) is 23.1 Å². The average Bonchev–Trinajstić information content (AvgIpc) is 2.35. The number of hydrogen-bond acceptors (Lipinski definition) is 4. The van der Waals surface area contributed by atoms with E-state index < -0.39 is 23.4 Å². The summed E-state index contributed by atoms with van der Waals surface area (Å²) in [5.74, 6) is -1.63. The zero-order valence-electron chi connectivity index (χ0n) is 11.6. The first-order chi connectivity index (χ1) is 9.20. The summed E-state index contributed by atoms with van der Waals surface area (Å²) in [6.45, 7) is 5.09. The molecule has 0 aliphatic carbocycles. The SMILES string of the molecule is CC(C)(C)C(=O)OC(=O)NCc1ccc(C(=O)O)cc1. The normalized spacial score (nSPS) is 10.8. The van der Waals surface area contributed by atoms with Gasteiger partial charge in [-0.2, -0.15) is 0 Å². The molecule has 0 spiro atoms. The molecule has 2 N–H and O–H groups in total. The maximum atomic E-state index is 11.5. The van der Waals surface area contributed by atoms with Crippen LogP contribution in [0.5, 0.6) is 0 Å². The molecule has 6 nitrogen and oxygen atoms in total. The van der Waals surface area contributed by atoms with Crippen molar-refractivity contribution in [2.45, 2.75) is 27.3 Å². The van der Waals surface area contributed by atoms with E-state index in [4.69, 9.17) is 5.11 Å². The lowest BCUT2D eigenvalue weighted by molar-refractivity contribution is -0.146. The highest BCUT2D eigenvalue weighted by atomic mass is 16.6. The lowest BCUT2D eigenvalue weighted by Crippen LogP contribution is -2.32. The van der Waals surface area contributed by atoms with Gasteiger partial charge in [0.15, 0.2) is 0 Å². The minimum atomic E-state index is -1.01. The van der Waals surface area contributed by atoms with Gasteiger partial charge in [0.2, 0.25) is 0 Å². The topological polar surface area (TPSA) is 92.7 Å². The molecule has 0 saturated heterocycles. The molecule has 108 valence electrons. The molecule has 1 amide bonds. The maximum Gasteiger partial charge on any atom is 0.415 e. The Hall–Kier alpha value is -2.37. The molecule has 1 aromatic rings. The highest BCUT2D eigenvalue weighted by Crippen LogP contribution is 2.15. The van der Waals surface area contributed by atoms with Crippen LogP contribution in [0.3, 0.4) is 0 Å². The molecule has 1 aromatic carbocycles. The van der Waals surface area contributed by atoms with Gasteiger partial charge in [-0.25, -0.2) is 9.59 Å². The average molecular weight is 279 g/mol. The van der Waals surface area contributed by atoms with Gasteiger partial charge in [0.05, 0.1) is 11.0 Å². The molecule has 0 aliphatic heterocycles. The number of ether oxygens (including phenoxy) is 1. The molecular formula is C14H17NO5. The maximum absolute atomic E-state index is 11.5. The van der Waals surface area contributed by atoms with Gasteiger partial charge < -0.3 is 15.2 Å². The van der Waals surface area contributed by atoms with Crippen molar-refractivity contribution in [3.63, 3.8) is 0 Å². The summed E-state index contributed by atoms with van der Waals surface area (Å²) in [4.78, 5) is 33.5. The van der Waals surface area contributed by atoms with Crippen LogP contribution >= 0.6 is 0 Å². The van der Waals surface area contributed by atoms with Crippen molar-refractivity contribution in [2.75, 3.05) is 0 Å². The first-order valence-corrected chi connectivity index (χ1v) is 6.02. The van der Waals surface area contributed by atoms with Crippen LogP contribution < -0.4 is 5.32 Å². The van der Waals surface area contributed by atoms with Crippen molar-refractivity contribution >= 4 is 18.0 Å². The minimum Gasteiger partial charge on any atom is -0.478 e. The second-order valence-corrected chi connectivity index (χ2v) is 5.28. The third-order valence-electron chi connectivity index (χ3n) is 2.44. The first-order valence-electron chi connectivity index (χ1n) is 6.02. The van der Waals surface area contributed by atoms with E-state index in [1.165, 1.54) is 12.1 Å². The fraction of sp³-hybridized carbons (Fsp3) is 0.357. The smallest absolute Gasteiger partial charge is 0.415 e. The van der Waals surface area contributed by atoms with Gasteiger partial charge in [-0.1, -0.05) is 12.1 Å². The number of nitrogens with one attached hydrogen (secondary N) is 1. The van der Waals surface area contributed by atoms with E-state index in [9.17, 15) is 14.4 Å². The molecule has 0 radical (unpaired) electrons. The van der Waals surface area contributed by atoms with Gasteiger partial charge in [-0.05, 0) is 38.5 Å². The Kier molecular flexibility index (Phi) is 4.85. The third kappa shape index (κ3) is 4.72. The van der Waals surface area contributed by atoms with E-state index in [1.807, 2.05) is 0 Å². The molecule has 0 saturated carbocycles. The summed E-state index contributed by atoms with van der Waals surface area (Å²) in [5, 5.41) is 11.2. The number of hydrogen-bond donors (Lipinski definition) is 2. The Labute approximate surface area is 116 Å². The van der Waals surface area contributed by atoms with Gasteiger partial charge >= 0.3 is 18.0 Å². The van der Waals surface area contributed by atoms with Gasteiger partial charge in [-0.3, -0.25) is 4.79 Å². The quantitative estimate of drug-likeness (QED) is 0.653. The fourth-order valence-corrected chi connectivity index (χ4v) is 1.21. The predicted octanol–water partition coefficient (Wildman–Crippen LogP) is 2.18. The first kappa shape index (κ1) is 15.7. The predicted molar refractivity (Wildman–Crippen MR) is 71.2 cm³/mol. The van der Waals surface area contributed by atoms with Gasteiger partial charge in [0.25, 0.3) is 0 Å². The summed E-state index contributed by atoms with van der Waals surface area (Å²) in [5.41, 5.74) is 0.120. The summed E-state index contributed by atoms with van der Waals surface area (Å²) >= 11 is 0. The number of rotatable bonds is 3. The van der Waals surface area contributed by atoms with E-state index in [2.05, 4.69) is 10.1 Å². The van der Waals surface area contributed by atoms with Crippen LogP contribution in [-0.2, 0) is 16.1 Å². The second-order valence-electron chi connectivity index (χ2n) is 5.28. The molecule has 0 atom stereocenters. The minimum absolute atomic E-state index is 0.149. The largest absolute Gasteiger partial charge is 0.478 e. The molecule has 0 bridgehead atoms. The Morgan fingerprint density at radius 3 is 2.15 bits per heavy atom. The van der Waals surface area contributed by atoms with Gasteiger partial charge in [0, 0.05) is 6.54 Å². The number of amides is 1. The summed E-state index contributed by atoms with van der Waals surface area (Å²) in [7, 11) is 0. The van der Waals surface area contributed by atoms with E-state index in [0.29, 0.717) is 5.56 Å². The fourth-order valence-electron chi connectivity index (χ4n) is 1.21. The standard InChI is InChI=1S/C14H17NO5/c1-14(2,3)12(18)20-13(19)15-8-9-4-6-10(7-5-9)11(16)17/h4-7H,8H2,1-3H3,(H,15,19)(H,16,17). The monoisotopic (exact) mass is 279 g/mol. The highest BCUT2D eigenvalue weighted by molar-refractivity contribution is 5.88. The van der Waals surface area contributed by atoms with Crippen LogP contribution in [0.25, 0.3) is 0 Å². The molecule has 1 rings (SSSR count). The number of carboxylic acid groups (broad SMARTS) is 1. The summed E-state index contributed by atoms with van der Waals surface area (Å²) in [6, 6.07) is 6.03. The third-order valence-corrected chi connectivity index (χ3v) is 2.44. The molecule has 0 fully saturated rings. The Bertz CT molecular complexity index is 513. The molecule has 0 aromatic heterocycles. The van der Waals surface area contributed by atoms with Crippen LogP contribution in [0.15, 0.2) is 24.3 Å². The number of esters is 1. The van der Waals surface area contributed by atoms with Crippen molar-refractivity contribution in [2.24, 2.45) is 5.41 Å². The number of carboxylic acids is 1. The lowest BCUT2D eigenvalue weighted by atomic mass is 9.98. The van der Waals surface area contributed by atoms with Crippen molar-refractivity contribution in [1.29, 1.82) is 0 Å². The molecular weight excluding hydrogens is 262 g/mol. The summed E-state index contributed by atoms with van der Waals surface area (Å²) < 4.78 is 4.62. The van der Waals surface area contributed by atoms with Crippen LogP contribution in [0.2, 0.25) is 0 Å². The zero-order valence-corrected chi connectivity index (χ0v) is 11.6. The van der Waals surface area contributed by atoms with Crippen molar-refractivity contribution in [3.8, 4) is 0 Å². The number of carbonyl (C=O) groups excluding carboxylic acids is 2. The van der Waals surface area contributed by atoms with Crippen molar-refractivity contribution < 1.29 is 24.2 Å². The molecule has 0 unspecified atom stereocenters. The lowest BCUT2D eigenvalue weighted by Gasteiger charge is -2.15. The zero-order chi connectivity index (χ0) is 15.3. The highest BCUT2D eigenvalue weighted by Gasteiger charge is 2.25. The van der Waals surface area contributed by atoms with E-state index in [0.717, 1.165) is 0 Å². The van der Waals surface area contributed by atoms with Crippen LogP contribution in [0.1, 0.15) is 36.7 Å². The van der Waals surface area contributed by atoms with Crippen LogP contribution in [0, 0.1) is 5.41 Å². The number of aromatic carboxylic acids is 1. The van der Waals surface area contributed by atoms with Crippen LogP contribution in [0.4, 0.5) is 4.79 Å². The number of carbonyl (C=O) groups is 3. The number of benzene rings is 1. The van der Waals surface area contributed by atoms with E-state index in [-0.39, 0.29) is 12.1 Å². The summed E-state index contributed by atoms with van der Waals surface area (Å²) in [6.07, 6.45) is -0.827. The van der Waals surface area contributed by atoms with E-state index in [1.54, 1.807) is 32.9 Å². The Morgan fingerprint density at radius 1 is 1.15 bits per heavy atom. The molecule has 20 heavy (non-hydrogen) atoms. The van der Waals surface area contributed by atoms with Crippen molar-refractivity contribution in [3.05, 3.63) is 35.4 Å².